The first-order valence-electron chi connectivity index (χ1n) is 31.7. The lowest BCUT2D eigenvalue weighted by molar-refractivity contribution is -0.379. The summed E-state index contributed by atoms with van der Waals surface area (Å²) >= 11 is 0. The van der Waals surface area contributed by atoms with Gasteiger partial charge in [-0.25, -0.2) is 0 Å². The first kappa shape index (κ1) is 73.3. The van der Waals surface area contributed by atoms with Gasteiger partial charge in [-0.1, -0.05) is 204 Å². The summed E-state index contributed by atoms with van der Waals surface area (Å²) < 4.78 is 34.1. The molecule has 3 heterocycles. The summed E-state index contributed by atoms with van der Waals surface area (Å²) in [5, 5.41) is 120. The molecule has 3 aliphatic rings. The summed E-state index contributed by atoms with van der Waals surface area (Å²) in [6.45, 7) is 1.59. The van der Waals surface area contributed by atoms with Crippen molar-refractivity contribution in [1.29, 1.82) is 0 Å². The molecule has 0 saturated carbocycles. The van der Waals surface area contributed by atoms with Gasteiger partial charge < -0.3 is 89.9 Å². The van der Waals surface area contributed by atoms with Gasteiger partial charge in [0.2, 0.25) is 5.91 Å². The van der Waals surface area contributed by atoms with E-state index in [2.05, 4.69) is 43.5 Å². The van der Waals surface area contributed by atoms with Crippen LogP contribution in [0.4, 0.5) is 0 Å². The SMILES string of the molecule is CCCCCCCCCCCCCCCCCCCCCCC/C=C/CC/C=C/CC/C=C/C(O)C(COC1OC(CO)C(OC2OC(CO)C(OC3OC(CO)C(O)C(O)C3O)C(O)C2O)C(O)C1O)NC(=O)CCCCCCC. The second-order valence-electron chi connectivity index (χ2n) is 22.9. The average molecular weight is 1160 g/mol. The molecule has 1 amide bonds. The molecular weight excluding hydrogens is 1050 g/mol. The van der Waals surface area contributed by atoms with E-state index < -0.39 is 124 Å². The molecule has 19 nitrogen and oxygen atoms in total. The Bertz CT molecular complexity index is 1620. The van der Waals surface area contributed by atoms with Crippen molar-refractivity contribution in [3.63, 3.8) is 0 Å². The van der Waals surface area contributed by atoms with Crippen molar-refractivity contribution in [2.24, 2.45) is 0 Å². The molecule has 3 rings (SSSR count). The number of amides is 1. The first-order valence-corrected chi connectivity index (χ1v) is 31.7. The van der Waals surface area contributed by atoms with Gasteiger partial charge in [0.15, 0.2) is 18.9 Å². The second-order valence-corrected chi connectivity index (χ2v) is 22.9. The van der Waals surface area contributed by atoms with Crippen molar-refractivity contribution in [3.05, 3.63) is 36.5 Å². The van der Waals surface area contributed by atoms with Crippen LogP contribution in [0.3, 0.4) is 0 Å². The number of allylic oxidation sites excluding steroid dienone is 5. The van der Waals surface area contributed by atoms with Crippen molar-refractivity contribution in [3.8, 4) is 0 Å². The van der Waals surface area contributed by atoms with Gasteiger partial charge in [0, 0.05) is 6.42 Å². The van der Waals surface area contributed by atoms with E-state index in [1.807, 2.05) is 6.08 Å². The van der Waals surface area contributed by atoms with E-state index in [1.165, 1.54) is 135 Å². The highest BCUT2D eigenvalue weighted by molar-refractivity contribution is 5.76. The van der Waals surface area contributed by atoms with Crippen LogP contribution in [0.2, 0.25) is 0 Å². The van der Waals surface area contributed by atoms with Crippen molar-refractivity contribution >= 4 is 5.91 Å². The Balaban J connectivity index is 1.36. The van der Waals surface area contributed by atoms with Crippen LogP contribution in [0.25, 0.3) is 0 Å². The molecular formula is C62H113NO18. The highest BCUT2D eigenvalue weighted by Gasteiger charge is 2.53. The van der Waals surface area contributed by atoms with Gasteiger partial charge in [-0.05, 0) is 44.9 Å². The Morgan fingerprint density at radius 2 is 0.790 bits per heavy atom. The molecule has 0 aromatic carbocycles. The minimum Gasteiger partial charge on any atom is -0.394 e. The normalized spacial score (nSPS) is 30.0. The molecule has 19 heteroatoms. The van der Waals surface area contributed by atoms with E-state index in [1.54, 1.807) is 6.08 Å². The molecule has 3 fully saturated rings. The smallest absolute Gasteiger partial charge is 0.220 e. The molecule has 3 aliphatic heterocycles. The zero-order chi connectivity index (χ0) is 59.0. The standard InChI is InChI=1S/C62H113NO18/c1-3-5-7-9-10-11-12-13-14-15-16-17-18-19-20-21-22-23-24-25-26-27-28-29-30-31-32-33-34-36-37-39-46(67)45(63-50(68)40-38-35-8-6-4-2)44-76-60-56(74)53(71)58(48(42-65)78-60)81-62-57(75)54(72)59(49(43-66)79-62)80-61-55(73)52(70)51(69)47(41-64)77-61/h28-29,32-33,37,39,45-49,51-62,64-67,69-75H,3-27,30-31,34-36,38,40-44H2,1-2H3,(H,63,68)/b29-28+,33-32+,39-37+. The Hall–Kier alpha value is -1.99. The third-order valence-corrected chi connectivity index (χ3v) is 15.9. The Morgan fingerprint density at radius 3 is 1.23 bits per heavy atom. The number of hydrogen-bond acceptors (Lipinski definition) is 18. The Morgan fingerprint density at radius 1 is 0.432 bits per heavy atom. The third-order valence-electron chi connectivity index (χ3n) is 15.9. The van der Waals surface area contributed by atoms with E-state index in [0.29, 0.717) is 12.8 Å². The number of aliphatic hydroxyl groups is 11. The molecule has 17 unspecified atom stereocenters. The Labute approximate surface area is 485 Å². The lowest BCUT2D eigenvalue weighted by Gasteiger charge is -2.48. The zero-order valence-corrected chi connectivity index (χ0v) is 49.5. The summed E-state index contributed by atoms with van der Waals surface area (Å²) in [7, 11) is 0. The minimum absolute atomic E-state index is 0.227. The molecule has 3 saturated heterocycles. The maximum absolute atomic E-state index is 13.1. The van der Waals surface area contributed by atoms with Crippen LogP contribution in [0.5, 0.6) is 0 Å². The number of ether oxygens (including phenoxy) is 6. The number of hydrogen-bond donors (Lipinski definition) is 12. The van der Waals surface area contributed by atoms with Crippen LogP contribution in [0, 0.1) is 0 Å². The molecule has 17 atom stereocenters. The van der Waals surface area contributed by atoms with Crippen molar-refractivity contribution < 1.29 is 89.4 Å². The summed E-state index contributed by atoms with van der Waals surface area (Å²) in [4.78, 5) is 13.1. The van der Waals surface area contributed by atoms with Gasteiger partial charge >= 0.3 is 0 Å². The monoisotopic (exact) mass is 1160 g/mol. The number of rotatable bonds is 47. The number of carbonyl (C=O) groups excluding carboxylic acids is 1. The predicted molar refractivity (Wildman–Crippen MR) is 309 cm³/mol. The summed E-state index contributed by atoms with van der Waals surface area (Å²) in [5.74, 6) is -0.303. The number of carbonyl (C=O) groups is 1. The number of nitrogens with one attached hydrogen (secondary N) is 1. The topological polar surface area (TPSA) is 307 Å². The van der Waals surface area contributed by atoms with E-state index in [9.17, 15) is 61.0 Å². The maximum Gasteiger partial charge on any atom is 0.220 e. The summed E-state index contributed by atoms with van der Waals surface area (Å²) in [5.41, 5.74) is 0. The van der Waals surface area contributed by atoms with Gasteiger partial charge in [-0.3, -0.25) is 4.79 Å². The number of unbranched alkanes of at least 4 members (excludes halogenated alkanes) is 27. The largest absolute Gasteiger partial charge is 0.394 e. The molecule has 0 spiro atoms. The fraction of sp³-hybridized carbons (Fsp3) is 0.887. The Kier molecular flexibility index (Phi) is 41.0. The maximum atomic E-state index is 13.1. The highest BCUT2D eigenvalue weighted by atomic mass is 16.8. The highest BCUT2D eigenvalue weighted by Crippen LogP contribution is 2.33. The van der Waals surface area contributed by atoms with E-state index in [4.69, 9.17) is 28.4 Å². The van der Waals surface area contributed by atoms with Crippen LogP contribution in [0.1, 0.15) is 219 Å². The lowest BCUT2D eigenvalue weighted by atomic mass is 9.96. The molecule has 12 N–H and O–H groups in total. The van der Waals surface area contributed by atoms with Gasteiger partial charge in [-0.2, -0.15) is 0 Å². The van der Waals surface area contributed by atoms with Crippen LogP contribution in [-0.4, -0.2) is 193 Å². The zero-order valence-electron chi connectivity index (χ0n) is 49.5. The van der Waals surface area contributed by atoms with Crippen molar-refractivity contribution in [2.75, 3.05) is 26.4 Å². The van der Waals surface area contributed by atoms with Crippen LogP contribution >= 0.6 is 0 Å². The van der Waals surface area contributed by atoms with E-state index in [0.717, 1.165) is 51.4 Å². The summed E-state index contributed by atoms with van der Waals surface area (Å²) in [6, 6.07) is -0.990. The molecule has 0 bridgehead atoms. The molecule has 474 valence electrons. The third kappa shape index (κ3) is 28.8. The fourth-order valence-corrected chi connectivity index (χ4v) is 10.7. The van der Waals surface area contributed by atoms with Crippen molar-refractivity contribution in [1.82, 2.24) is 5.32 Å². The van der Waals surface area contributed by atoms with E-state index in [-0.39, 0.29) is 18.9 Å². The van der Waals surface area contributed by atoms with Gasteiger partial charge in [0.05, 0.1) is 38.6 Å². The fourth-order valence-electron chi connectivity index (χ4n) is 10.7. The quantitative estimate of drug-likeness (QED) is 0.0229. The van der Waals surface area contributed by atoms with Crippen LogP contribution in [-0.2, 0) is 33.2 Å². The van der Waals surface area contributed by atoms with Crippen LogP contribution < -0.4 is 5.32 Å². The molecule has 0 aromatic rings. The van der Waals surface area contributed by atoms with E-state index >= 15 is 0 Å². The average Bonchev–Trinajstić information content (AvgIpc) is 3.47. The lowest BCUT2D eigenvalue weighted by Crippen LogP contribution is -2.66. The predicted octanol–water partition coefficient (Wildman–Crippen LogP) is 6.49. The molecule has 0 aliphatic carbocycles. The van der Waals surface area contributed by atoms with Gasteiger partial charge in [-0.15, -0.1) is 0 Å². The molecule has 0 radical (unpaired) electrons. The van der Waals surface area contributed by atoms with Gasteiger partial charge in [0.25, 0.3) is 0 Å². The first-order chi connectivity index (χ1) is 39.3. The summed E-state index contributed by atoms with van der Waals surface area (Å²) in [6.07, 6.45) is 23.8. The second kappa shape index (κ2) is 45.3. The minimum atomic E-state index is -1.98. The van der Waals surface area contributed by atoms with Crippen molar-refractivity contribution in [2.45, 2.75) is 324 Å². The molecule has 0 aromatic heterocycles. The van der Waals surface area contributed by atoms with Crippen LogP contribution in [0.15, 0.2) is 36.5 Å². The van der Waals surface area contributed by atoms with Gasteiger partial charge in [0.1, 0.15) is 73.2 Å². The molecule has 81 heavy (non-hydrogen) atoms. The number of aliphatic hydroxyl groups excluding tert-OH is 11.